The maximum Gasteiger partial charge on any atom is 0.241 e. The molecule has 0 radical (unpaired) electrons. The molecule has 3 rings (SSSR count). The van der Waals surface area contributed by atoms with Gasteiger partial charge in [0.2, 0.25) is 17.8 Å². The molecular weight excluding hydrogens is 358 g/mol. The van der Waals surface area contributed by atoms with Gasteiger partial charge in [-0.1, -0.05) is 11.6 Å². The molecule has 1 spiro atoms. The van der Waals surface area contributed by atoms with Crippen molar-refractivity contribution in [2.45, 2.75) is 24.9 Å². The first-order valence-corrected chi connectivity index (χ1v) is 9.11. The Morgan fingerprint density at radius 1 is 1.31 bits per heavy atom. The minimum atomic E-state index is -0.415. The Bertz CT molecular complexity index is 659. The monoisotopic (exact) mass is 381 g/mol. The lowest BCUT2D eigenvalue weighted by atomic mass is 9.90. The summed E-state index contributed by atoms with van der Waals surface area (Å²) < 4.78 is 6.10. The summed E-state index contributed by atoms with van der Waals surface area (Å²) in [4.78, 5) is 38.2. The number of halogens is 1. The third-order valence-corrected chi connectivity index (χ3v) is 5.14. The molecule has 2 aliphatic rings. The molecule has 0 saturated carbocycles. The zero-order valence-electron chi connectivity index (χ0n) is 15.2. The van der Waals surface area contributed by atoms with Gasteiger partial charge < -0.3 is 19.4 Å². The summed E-state index contributed by atoms with van der Waals surface area (Å²) >= 11 is 5.85. The molecule has 26 heavy (non-hydrogen) atoms. The van der Waals surface area contributed by atoms with Crippen LogP contribution in [0.15, 0.2) is 12.4 Å². The molecule has 2 saturated heterocycles. The van der Waals surface area contributed by atoms with Crippen LogP contribution in [0.3, 0.4) is 0 Å². The van der Waals surface area contributed by atoms with Crippen LogP contribution >= 0.6 is 11.6 Å². The fourth-order valence-corrected chi connectivity index (χ4v) is 3.43. The van der Waals surface area contributed by atoms with Crippen LogP contribution in [0.1, 0.15) is 19.3 Å². The van der Waals surface area contributed by atoms with E-state index in [0.717, 1.165) is 25.9 Å². The zero-order valence-corrected chi connectivity index (χ0v) is 15.9. The van der Waals surface area contributed by atoms with E-state index in [2.05, 4.69) is 14.9 Å². The number of rotatable bonds is 3. The molecule has 0 N–H and O–H groups in total. The second kappa shape index (κ2) is 7.75. The fraction of sp³-hybridized carbons (Fsp3) is 0.647. The molecule has 0 aliphatic carbocycles. The van der Waals surface area contributed by atoms with E-state index in [4.69, 9.17) is 16.3 Å². The van der Waals surface area contributed by atoms with Gasteiger partial charge in [0.1, 0.15) is 0 Å². The van der Waals surface area contributed by atoms with Gasteiger partial charge in [0.25, 0.3) is 0 Å². The number of hydrogen-bond donors (Lipinski definition) is 0. The predicted molar refractivity (Wildman–Crippen MR) is 97.1 cm³/mol. The van der Waals surface area contributed by atoms with Crippen LogP contribution in [0.25, 0.3) is 0 Å². The van der Waals surface area contributed by atoms with Crippen molar-refractivity contribution >= 4 is 29.4 Å². The van der Waals surface area contributed by atoms with Gasteiger partial charge in [0, 0.05) is 27.2 Å². The van der Waals surface area contributed by atoms with Crippen LogP contribution in [-0.4, -0.2) is 84.1 Å². The highest BCUT2D eigenvalue weighted by atomic mass is 35.5. The van der Waals surface area contributed by atoms with Crippen molar-refractivity contribution in [1.82, 2.24) is 19.8 Å². The largest absolute Gasteiger partial charge is 0.372 e. The summed E-state index contributed by atoms with van der Waals surface area (Å²) in [5.41, 5.74) is -0.415. The topological polar surface area (TPSA) is 78.9 Å². The Balaban J connectivity index is 1.66. The molecule has 0 bridgehead atoms. The van der Waals surface area contributed by atoms with E-state index >= 15 is 0 Å². The summed E-state index contributed by atoms with van der Waals surface area (Å²) in [6.07, 6.45) is 4.98. The molecule has 2 amide bonds. The molecule has 9 heteroatoms. The smallest absolute Gasteiger partial charge is 0.241 e. The number of piperidine rings is 1. The number of ether oxygens (including phenoxy) is 1. The lowest BCUT2D eigenvalue weighted by Gasteiger charge is -2.42. The van der Waals surface area contributed by atoms with E-state index in [-0.39, 0.29) is 18.4 Å². The molecule has 142 valence electrons. The highest BCUT2D eigenvalue weighted by Gasteiger charge is 2.41. The van der Waals surface area contributed by atoms with Gasteiger partial charge in [-0.25, -0.2) is 9.97 Å². The molecule has 2 aliphatic heterocycles. The summed E-state index contributed by atoms with van der Waals surface area (Å²) in [7, 11) is 3.39. The van der Waals surface area contributed by atoms with E-state index in [1.54, 1.807) is 31.4 Å². The van der Waals surface area contributed by atoms with Crippen molar-refractivity contribution in [1.29, 1.82) is 0 Å². The first-order valence-electron chi connectivity index (χ1n) is 8.73. The van der Waals surface area contributed by atoms with Crippen molar-refractivity contribution in [3.05, 3.63) is 17.4 Å². The van der Waals surface area contributed by atoms with Gasteiger partial charge >= 0.3 is 0 Å². The number of aromatic nitrogens is 2. The average molecular weight is 382 g/mol. The van der Waals surface area contributed by atoms with Gasteiger partial charge in [0.15, 0.2) is 0 Å². The third-order valence-electron chi connectivity index (χ3n) is 4.95. The number of carbonyl (C=O) groups is 2. The standard InChI is InChI=1S/C17H24ClN5O3/c1-21(2)15(25)11-23-12-17(26-8-3-14(23)24)4-6-22(7-5-17)16-19-9-13(18)10-20-16/h9-10H,3-8,11-12H2,1-2H3. The Morgan fingerprint density at radius 3 is 2.58 bits per heavy atom. The summed E-state index contributed by atoms with van der Waals surface area (Å²) in [6, 6.07) is 0. The molecule has 8 nitrogen and oxygen atoms in total. The van der Waals surface area contributed by atoms with E-state index in [1.807, 2.05) is 0 Å². The molecule has 1 aromatic rings. The lowest BCUT2D eigenvalue weighted by Crippen LogP contribution is -2.53. The van der Waals surface area contributed by atoms with Gasteiger partial charge in [-0.05, 0) is 12.8 Å². The number of anilines is 1. The molecule has 1 aromatic heterocycles. The van der Waals surface area contributed by atoms with E-state index in [9.17, 15) is 9.59 Å². The summed E-state index contributed by atoms with van der Waals surface area (Å²) in [5, 5.41) is 0.508. The number of likely N-dealkylation sites (N-methyl/N-ethyl adjacent to an activating group) is 1. The minimum Gasteiger partial charge on any atom is -0.372 e. The van der Waals surface area contributed by atoms with Gasteiger partial charge in [0.05, 0.1) is 49.1 Å². The number of carbonyl (C=O) groups excluding carboxylic acids is 2. The molecule has 0 unspecified atom stereocenters. The van der Waals surface area contributed by atoms with E-state index < -0.39 is 5.60 Å². The van der Waals surface area contributed by atoms with Gasteiger partial charge in [-0.2, -0.15) is 0 Å². The van der Waals surface area contributed by atoms with Crippen molar-refractivity contribution in [2.24, 2.45) is 0 Å². The quantitative estimate of drug-likeness (QED) is 0.770. The summed E-state index contributed by atoms with van der Waals surface area (Å²) in [6.45, 7) is 2.39. The Kier molecular flexibility index (Phi) is 5.62. The third kappa shape index (κ3) is 4.24. The van der Waals surface area contributed by atoms with Crippen LogP contribution in [0.2, 0.25) is 5.02 Å². The first kappa shape index (κ1) is 18.8. The van der Waals surface area contributed by atoms with Crippen LogP contribution in [0, 0.1) is 0 Å². The Hall–Kier alpha value is -1.93. The van der Waals surface area contributed by atoms with Crippen molar-refractivity contribution in [3.63, 3.8) is 0 Å². The molecule has 0 atom stereocenters. The lowest BCUT2D eigenvalue weighted by molar-refractivity contribution is -0.139. The fourth-order valence-electron chi connectivity index (χ4n) is 3.33. The highest BCUT2D eigenvalue weighted by Crippen LogP contribution is 2.31. The Labute approximate surface area is 158 Å². The normalized spacial score (nSPS) is 20.2. The van der Waals surface area contributed by atoms with Crippen molar-refractivity contribution in [2.75, 3.05) is 51.8 Å². The molecular formula is C17H24ClN5O3. The molecule has 0 aromatic carbocycles. The first-order chi connectivity index (χ1) is 12.4. The Morgan fingerprint density at radius 2 is 1.96 bits per heavy atom. The second-order valence-corrected chi connectivity index (χ2v) is 7.44. The van der Waals surface area contributed by atoms with Gasteiger partial charge in [-0.3, -0.25) is 9.59 Å². The summed E-state index contributed by atoms with van der Waals surface area (Å²) in [5.74, 6) is 0.538. The maximum atomic E-state index is 12.3. The number of hydrogen-bond acceptors (Lipinski definition) is 6. The van der Waals surface area contributed by atoms with Crippen molar-refractivity contribution < 1.29 is 14.3 Å². The van der Waals surface area contributed by atoms with Gasteiger partial charge in [-0.15, -0.1) is 0 Å². The molecule has 3 heterocycles. The molecule has 2 fully saturated rings. The van der Waals surface area contributed by atoms with Crippen LogP contribution in [-0.2, 0) is 14.3 Å². The maximum absolute atomic E-state index is 12.3. The van der Waals surface area contributed by atoms with Crippen LogP contribution in [0.5, 0.6) is 0 Å². The van der Waals surface area contributed by atoms with E-state index in [1.165, 1.54) is 4.90 Å². The van der Waals surface area contributed by atoms with E-state index in [0.29, 0.717) is 30.5 Å². The second-order valence-electron chi connectivity index (χ2n) is 7.01. The zero-order chi connectivity index (χ0) is 18.7. The van der Waals surface area contributed by atoms with Crippen LogP contribution in [0.4, 0.5) is 5.95 Å². The number of nitrogens with zero attached hydrogens (tertiary/aromatic N) is 5. The predicted octanol–water partition coefficient (Wildman–Crippen LogP) is 0.806. The minimum absolute atomic E-state index is 0.0273. The SMILES string of the molecule is CN(C)C(=O)CN1CC2(CCN(c3ncc(Cl)cn3)CC2)OCCC1=O. The number of amides is 2. The highest BCUT2D eigenvalue weighted by molar-refractivity contribution is 6.30. The average Bonchev–Trinajstić information content (AvgIpc) is 2.76. The van der Waals surface area contributed by atoms with Crippen molar-refractivity contribution in [3.8, 4) is 0 Å². The van der Waals surface area contributed by atoms with Crippen LogP contribution < -0.4 is 4.90 Å².